The fourth-order valence-electron chi connectivity index (χ4n) is 4.98. The monoisotopic (exact) mass is 517 g/mol. The molecule has 2 aromatic rings. The van der Waals surface area contributed by atoms with Crippen molar-refractivity contribution in [3.63, 3.8) is 0 Å². The molecule has 2 fully saturated rings. The van der Waals surface area contributed by atoms with Crippen LogP contribution in [0.2, 0.25) is 0 Å². The standard InChI is InChI=1S/C22H27F4N5O3S/c1-29-15-20(27-28-29)35(33,34)31-12-10-30(11-13-31)21(6-8-22(25,26)9-7-21)5-4-19(32)17-3-2-16(23)14-18(17)24/h2-3,14-15H,4-13H2,1H3. The van der Waals surface area contributed by atoms with Gasteiger partial charge in [-0.3, -0.25) is 14.4 Å². The van der Waals surface area contributed by atoms with Gasteiger partial charge in [0.15, 0.2) is 5.78 Å². The number of carbonyl (C=O) groups is 1. The maximum absolute atomic E-state index is 14.1. The summed E-state index contributed by atoms with van der Waals surface area (Å²) in [6.07, 6.45) is 1.02. The van der Waals surface area contributed by atoms with E-state index in [0.717, 1.165) is 12.1 Å². The number of rotatable bonds is 7. The number of ketones is 1. The molecule has 1 aliphatic carbocycles. The maximum atomic E-state index is 14.1. The van der Waals surface area contributed by atoms with Crippen molar-refractivity contribution in [3.8, 4) is 0 Å². The van der Waals surface area contributed by atoms with Crippen LogP contribution in [0.25, 0.3) is 0 Å². The molecular weight excluding hydrogens is 490 g/mol. The van der Waals surface area contributed by atoms with E-state index < -0.39 is 38.9 Å². The second kappa shape index (κ2) is 9.58. The Hall–Kier alpha value is -2.38. The van der Waals surface area contributed by atoms with Gasteiger partial charge in [-0.1, -0.05) is 5.21 Å². The number of carbonyl (C=O) groups excluding carboxylic acids is 1. The fraction of sp³-hybridized carbons (Fsp3) is 0.591. The number of benzene rings is 1. The number of piperazine rings is 1. The molecule has 1 saturated carbocycles. The minimum atomic E-state index is -3.84. The average Bonchev–Trinajstić information content (AvgIpc) is 3.26. The lowest BCUT2D eigenvalue weighted by molar-refractivity contribution is -0.0891. The van der Waals surface area contributed by atoms with Gasteiger partial charge >= 0.3 is 0 Å². The minimum absolute atomic E-state index is 0.0910. The predicted octanol–water partition coefficient (Wildman–Crippen LogP) is 3.01. The topological polar surface area (TPSA) is 88.4 Å². The smallest absolute Gasteiger partial charge is 0.264 e. The van der Waals surface area contributed by atoms with E-state index in [1.54, 1.807) is 7.05 Å². The molecule has 35 heavy (non-hydrogen) atoms. The molecule has 4 rings (SSSR count). The summed E-state index contributed by atoms with van der Waals surface area (Å²) in [7, 11) is -2.28. The highest BCUT2D eigenvalue weighted by molar-refractivity contribution is 7.89. The van der Waals surface area contributed by atoms with Gasteiger partial charge in [0.05, 0.1) is 11.8 Å². The van der Waals surface area contributed by atoms with Gasteiger partial charge in [-0.15, -0.1) is 5.10 Å². The van der Waals surface area contributed by atoms with Crippen LogP contribution in [0.5, 0.6) is 0 Å². The van der Waals surface area contributed by atoms with Gasteiger partial charge in [-0.2, -0.15) is 4.31 Å². The number of aromatic nitrogens is 3. The normalized spacial score (nSPS) is 21.2. The highest BCUT2D eigenvalue weighted by Crippen LogP contribution is 2.44. The Morgan fingerprint density at radius 3 is 2.29 bits per heavy atom. The zero-order valence-electron chi connectivity index (χ0n) is 19.3. The second-order valence-electron chi connectivity index (χ2n) is 9.25. The van der Waals surface area contributed by atoms with E-state index in [1.165, 1.54) is 15.2 Å². The van der Waals surface area contributed by atoms with Crippen molar-refractivity contribution >= 4 is 15.8 Å². The summed E-state index contributed by atoms with van der Waals surface area (Å²) in [6.45, 7) is 0.865. The van der Waals surface area contributed by atoms with E-state index in [2.05, 4.69) is 10.3 Å². The summed E-state index contributed by atoms with van der Waals surface area (Å²) in [5.41, 5.74) is -0.974. The van der Waals surface area contributed by atoms with Crippen molar-refractivity contribution in [1.29, 1.82) is 0 Å². The molecule has 0 radical (unpaired) electrons. The SMILES string of the molecule is Cn1cc(S(=O)(=O)N2CCN(C3(CCC(=O)c4ccc(F)cc4F)CCC(F)(F)CC3)CC2)nn1. The summed E-state index contributed by atoms with van der Waals surface area (Å²) in [6, 6.07) is 2.73. The van der Waals surface area contributed by atoms with Gasteiger partial charge in [0, 0.05) is 64.1 Å². The van der Waals surface area contributed by atoms with E-state index in [9.17, 15) is 30.8 Å². The van der Waals surface area contributed by atoms with Crippen LogP contribution in [0, 0.1) is 11.6 Å². The molecule has 1 saturated heterocycles. The van der Waals surface area contributed by atoms with Crippen molar-refractivity contribution in [2.75, 3.05) is 26.2 Å². The lowest BCUT2D eigenvalue weighted by atomic mass is 9.74. The van der Waals surface area contributed by atoms with Crippen LogP contribution < -0.4 is 0 Å². The molecule has 8 nitrogen and oxygen atoms in total. The first-order chi connectivity index (χ1) is 16.4. The highest BCUT2D eigenvalue weighted by Gasteiger charge is 2.47. The molecule has 2 heterocycles. The summed E-state index contributed by atoms with van der Waals surface area (Å²) >= 11 is 0. The van der Waals surface area contributed by atoms with E-state index in [1.807, 2.05) is 4.90 Å². The Labute approximate surface area is 200 Å². The average molecular weight is 518 g/mol. The van der Waals surface area contributed by atoms with E-state index in [4.69, 9.17) is 0 Å². The molecule has 192 valence electrons. The largest absolute Gasteiger partial charge is 0.295 e. The zero-order chi connectivity index (χ0) is 25.4. The van der Waals surface area contributed by atoms with Gasteiger partial charge in [-0.25, -0.2) is 26.0 Å². The molecule has 0 bridgehead atoms. The number of Topliss-reactive ketones (excluding diaryl/α,β-unsaturated/α-hetero) is 1. The number of aryl methyl sites for hydroxylation is 1. The molecule has 1 aromatic carbocycles. The second-order valence-corrected chi connectivity index (χ2v) is 11.1. The number of halogens is 4. The Morgan fingerprint density at radius 1 is 1.06 bits per heavy atom. The van der Waals surface area contributed by atoms with E-state index in [-0.39, 0.29) is 62.2 Å². The Balaban J connectivity index is 1.47. The summed E-state index contributed by atoms with van der Waals surface area (Å²) in [5, 5.41) is 7.19. The number of sulfonamides is 1. The van der Waals surface area contributed by atoms with Crippen LogP contribution in [0.3, 0.4) is 0 Å². The van der Waals surface area contributed by atoms with Crippen molar-refractivity contribution < 1.29 is 30.8 Å². The Kier molecular flexibility index (Phi) is 7.04. The molecular formula is C22H27F4N5O3S. The molecule has 0 amide bonds. The molecule has 13 heteroatoms. The van der Waals surface area contributed by atoms with Crippen LogP contribution >= 0.6 is 0 Å². The van der Waals surface area contributed by atoms with Crippen LogP contribution in [0.1, 0.15) is 48.9 Å². The molecule has 2 aliphatic rings. The van der Waals surface area contributed by atoms with E-state index in [0.29, 0.717) is 19.2 Å². The van der Waals surface area contributed by atoms with Gasteiger partial charge in [-0.05, 0) is 31.4 Å². The van der Waals surface area contributed by atoms with Crippen LogP contribution in [0.4, 0.5) is 17.6 Å². The molecule has 1 aliphatic heterocycles. The third kappa shape index (κ3) is 5.41. The number of hydrogen-bond donors (Lipinski definition) is 0. The van der Waals surface area contributed by atoms with Crippen molar-refractivity contribution in [1.82, 2.24) is 24.2 Å². The van der Waals surface area contributed by atoms with Crippen molar-refractivity contribution in [2.24, 2.45) is 7.05 Å². The van der Waals surface area contributed by atoms with Gasteiger partial charge in [0.25, 0.3) is 10.0 Å². The summed E-state index contributed by atoms with van der Waals surface area (Å²) < 4.78 is 83.6. The molecule has 0 unspecified atom stereocenters. The van der Waals surface area contributed by atoms with Gasteiger partial charge in [0.1, 0.15) is 11.6 Å². The Morgan fingerprint density at radius 2 is 1.71 bits per heavy atom. The number of nitrogens with zero attached hydrogens (tertiary/aromatic N) is 5. The van der Waals surface area contributed by atoms with Crippen LogP contribution in [0.15, 0.2) is 29.4 Å². The number of hydrogen-bond acceptors (Lipinski definition) is 6. The molecule has 0 atom stereocenters. The lowest BCUT2D eigenvalue weighted by Crippen LogP contribution is -2.59. The lowest BCUT2D eigenvalue weighted by Gasteiger charge is -2.50. The van der Waals surface area contributed by atoms with Crippen molar-refractivity contribution in [3.05, 3.63) is 41.6 Å². The third-order valence-electron chi connectivity index (χ3n) is 7.06. The fourth-order valence-corrected chi connectivity index (χ4v) is 6.32. The highest BCUT2D eigenvalue weighted by atomic mass is 32.2. The van der Waals surface area contributed by atoms with Crippen molar-refractivity contribution in [2.45, 2.75) is 55.0 Å². The molecule has 0 spiro atoms. The zero-order valence-corrected chi connectivity index (χ0v) is 20.1. The minimum Gasteiger partial charge on any atom is -0.295 e. The first kappa shape index (κ1) is 25.7. The van der Waals surface area contributed by atoms with E-state index >= 15 is 0 Å². The van der Waals surface area contributed by atoms with Crippen LogP contribution in [-0.2, 0) is 17.1 Å². The van der Waals surface area contributed by atoms with Crippen LogP contribution in [-0.4, -0.2) is 76.0 Å². The predicted molar refractivity (Wildman–Crippen MR) is 117 cm³/mol. The first-order valence-corrected chi connectivity index (χ1v) is 12.8. The molecule has 1 aromatic heterocycles. The Bertz CT molecular complexity index is 1190. The molecule has 0 N–H and O–H groups in total. The summed E-state index contributed by atoms with van der Waals surface area (Å²) in [5.74, 6) is -5.07. The third-order valence-corrected chi connectivity index (χ3v) is 8.82. The summed E-state index contributed by atoms with van der Waals surface area (Å²) in [4.78, 5) is 14.7. The maximum Gasteiger partial charge on any atom is 0.264 e. The van der Waals surface area contributed by atoms with Gasteiger partial charge < -0.3 is 0 Å². The first-order valence-electron chi connectivity index (χ1n) is 11.4. The quantitative estimate of drug-likeness (QED) is 0.415. The van der Waals surface area contributed by atoms with Gasteiger partial charge in [0.2, 0.25) is 10.9 Å². The number of alkyl halides is 2.